The van der Waals surface area contributed by atoms with Gasteiger partial charge in [-0.25, -0.2) is 14.6 Å². The maximum absolute atomic E-state index is 11.3. The Morgan fingerprint density at radius 1 is 1.15 bits per heavy atom. The first-order valence-corrected chi connectivity index (χ1v) is 6.22. The Labute approximate surface area is 120 Å². The van der Waals surface area contributed by atoms with Gasteiger partial charge in [-0.05, 0) is 20.8 Å². The van der Waals surface area contributed by atoms with E-state index in [-0.39, 0.29) is 29.9 Å². The van der Waals surface area contributed by atoms with E-state index in [1.807, 2.05) is 0 Å². The van der Waals surface area contributed by atoms with Crippen LogP contribution in [0.1, 0.15) is 19.5 Å². The Bertz CT molecular complexity index is 460. The smallest absolute Gasteiger partial charge is 0.434 e. The molecule has 0 fully saturated rings. The summed E-state index contributed by atoms with van der Waals surface area (Å²) in [5.74, 6) is -0.356. The van der Waals surface area contributed by atoms with E-state index in [0.717, 1.165) is 0 Å². The maximum Gasteiger partial charge on any atom is 0.515 e. The van der Waals surface area contributed by atoms with Crippen LogP contribution in [-0.2, 0) is 9.47 Å². The molecule has 1 rings (SSSR count). The van der Waals surface area contributed by atoms with E-state index in [1.165, 1.54) is 6.07 Å². The van der Waals surface area contributed by atoms with E-state index < -0.39 is 12.3 Å². The topological polar surface area (TPSA) is 84.0 Å². The summed E-state index contributed by atoms with van der Waals surface area (Å²) in [6.45, 7) is 5.13. The lowest BCUT2D eigenvalue weighted by atomic mass is 10.3. The summed E-state index contributed by atoms with van der Waals surface area (Å²) in [4.78, 5) is 26.5. The summed E-state index contributed by atoms with van der Waals surface area (Å²) >= 11 is 5.88. The molecule has 0 amide bonds. The van der Waals surface area contributed by atoms with Crippen LogP contribution >= 0.6 is 11.6 Å². The number of halogens is 1. The molecule has 0 saturated heterocycles. The van der Waals surface area contributed by atoms with Gasteiger partial charge in [0.05, 0.1) is 23.9 Å². The number of aromatic nitrogens is 1. The van der Waals surface area contributed by atoms with E-state index in [2.05, 4.69) is 14.5 Å². The molecule has 0 bridgehead atoms. The fourth-order valence-electron chi connectivity index (χ4n) is 1.15. The van der Waals surface area contributed by atoms with Gasteiger partial charge in [0.15, 0.2) is 5.75 Å². The van der Waals surface area contributed by atoms with Crippen molar-refractivity contribution in [3.8, 4) is 11.6 Å². The molecule has 1 aromatic heterocycles. The summed E-state index contributed by atoms with van der Waals surface area (Å²) in [6.07, 6.45) is -1.92. The molecular weight excluding hydrogens is 290 g/mol. The molecule has 0 atom stereocenters. The van der Waals surface area contributed by atoms with Gasteiger partial charge in [0.25, 0.3) is 5.88 Å². The molecule has 0 spiro atoms. The van der Waals surface area contributed by atoms with Crippen molar-refractivity contribution >= 4 is 23.9 Å². The first-order valence-electron chi connectivity index (χ1n) is 5.84. The average molecular weight is 304 g/mol. The van der Waals surface area contributed by atoms with Crippen molar-refractivity contribution in [3.63, 3.8) is 0 Å². The second kappa shape index (κ2) is 7.54. The van der Waals surface area contributed by atoms with Gasteiger partial charge in [0.2, 0.25) is 0 Å². The van der Waals surface area contributed by atoms with Crippen LogP contribution in [0.4, 0.5) is 9.59 Å². The fraction of sp³-hybridized carbons (Fsp3) is 0.417. The molecule has 0 saturated carbocycles. The van der Waals surface area contributed by atoms with Gasteiger partial charge in [0.1, 0.15) is 0 Å². The Hall–Kier alpha value is -2.02. The van der Waals surface area contributed by atoms with Crippen LogP contribution in [0.2, 0.25) is 5.02 Å². The summed E-state index contributed by atoms with van der Waals surface area (Å²) in [5.41, 5.74) is 0.405. The van der Waals surface area contributed by atoms with Gasteiger partial charge in [-0.1, -0.05) is 11.6 Å². The maximum atomic E-state index is 11.3. The lowest BCUT2D eigenvalue weighted by Crippen LogP contribution is -2.15. The molecule has 8 heteroatoms. The number of nitrogens with zero attached hydrogens (tertiary/aromatic N) is 1. The Morgan fingerprint density at radius 2 is 1.70 bits per heavy atom. The zero-order valence-electron chi connectivity index (χ0n) is 11.3. The number of aryl methyl sites for hydroxylation is 1. The molecule has 0 aliphatic carbocycles. The summed E-state index contributed by atoms with van der Waals surface area (Å²) in [5, 5.41) is 0.250. The van der Waals surface area contributed by atoms with E-state index in [4.69, 9.17) is 21.1 Å². The highest BCUT2D eigenvalue weighted by Gasteiger charge is 2.18. The number of rotatable bonds is 4. The van der Waals surface area contributed by atoms with Crippen molar-refractivity contribution in [2.45, 2.75) is 20.8 Å². The first-order chi connectivity index (χ1) is 9.47. The zero-order valence-corrected chi connectivity index (χ0v) is 12.0. The molecule has 20 heavy (non-hydrogen) atoms. The van der Waals surface area contributed by atoms with E-state index >= 15 is 0 Å². The second-order valence-corrected chi connectivity index (χ2v) is 3.84. The van der Waals surface area contributed by atoms with Gasteiger partial charge in [-0.2, -0.15) is 0 Å². The molecule has 7 nitrogen and oxygen atoms in total. The molecule has 0 aromatic carbocycles. The molecule has 0 N–H and O–H groups in total. The van der Waals surface area contributed by atoms with Crippen LogP contribution < -0.4 is 9.47 Å². The second-order valence-electron chi connectivity index (χ2n) is 3.43. The Balaban J connectivity index is 2.98. The molecule has 1 aromatic rings. The van der Waals surface area contributed by atoms with Crippen molar-refractivity contribution in [2.75, 3.05) is 13.2 Å². The quantitative estimate of drug-likeness (QED) is 0.790. The van der Waals surface area contributed by atoms with Crippen molar-refractivity contribution < 1.29 is 28.5 Å². The minimum Gasteiger partial charge on any atom is -0.434 e. The number of hydrogen-bond acceptors (Lipinski definition) is 7. The highest BCUT2D eigenvalue weighted by molar-refractivity contribution is 6.31. The van der Waals surface area contributed by atoms with Gasteiger partial charge in [-0.15, -0.1) is 0 Å². The van der Waals surface area contributed by atoms with Gasteiger partial charge < -0.3 is 18.9 Å². The molecule has 0 unspecified atom stereocenters. The monoisotopic (exact) mass is 303 g/mol. The van der Waals surface area contributed by atoms with Crippen molar-refractivity contribution in [1.29, 1.82) is 0 Å². The largest absolute Gasteiger partial charge is 0.515 e. The predicted molar refractivity (Wildman–Crippen MR) is 69.3 cm³/mol. The molecule has 0 radical (unpaired) electrons. The molecule has 1 heterocycles. The van der Waals surface area contributed by atoms with Crippen LogP contribution in [0.15, 0.2) is 6.07 Å². The van der Waals surface area contributed by atoms with E-state index in [9.17, 15) is 9.59 Å². The third-order valence-electron chi connectivity index (χ3n) is 1.98. The highest BCUT2D eigenvalue weighted by Crippen LogP contribution is 2.30. The van der Waals surface area contributed by atoms with Crippen LogP contribution in [0, 0.1) is 6.92 Å². The van der Waals surface area contributed by atoms with Gasteiger partial charge >= 0.3 is 12.3 Å². The number of carbonyl (C=O) groups excluding carboxylic acids is 2. The van der Waals surface area contributed by atoms with Crippen LogP contribution in [0.3, 0.4) is 0 Å². The third kappa shape index (κ3) is 4.58. The zero-order chi connectivity index (χ0) is 15.1. The van der Waals surface area contributed by atoms with E-state index in [1.54, 1.807) is 20.8 Å². The highest BCUT2D eigenvalue weighted by atomic mass is 35.5. The van der Waals surface area contributed by atoms with Crippen molar-refractivity contribution in [1.82, 2.24) is 4.98 Å². The minimum absolute atomic E-state index is 0.132. The van der Waals surface area contributed by atoms with Crippen LogP contribution in [-0.4, -0.2) is 30.5 Å². The minimum atomic E-state index is -0.963. The lowest BCUT2D eigenvalue weighted by Gasteiger charge is -2.10. The van der Waals surface area contributed by atoms with Crippen molar-refractivity contribution in [3.05, 3.63) is 16.8 Å². The average Bonchev–Trinajstić information content (AvgIpc) is 2.36. The molecular formula is C12H14ClNO6. The normalized spacial score (nSPS) is 9.80. The van der Waals surface area contributed by atoms with Gasteiger partial charge in [0, 0.05) is 6.07 Å². The molecule has 0 aliphatic heterocycles. The standard InChI is InChI=1S/C12H14ClNO6/c1-4-17-11(15)19-9-6-8(13)7(3)14-10(9)20-12(16)18-5-2/h6H,4-5H2,1-3H3. The van der Waals surface area contributed by atoms with Crippen LogP contribution in [0.5, 0.6) is 11.6 Å². The summed E-state index contributed by atoms with van der Waals surface area (Å²) in [7, 11) is 0. The molecule has 0 aliphatic rings. The number of pyridine rings is 1. The van der Waals surface area contributed by atoms with Gasteiger partial charge in [-0.3, -0.25) is 0 Å². The van der Waals surface area contributed by atoms with Crippen LogP contribution in [0.25, 0.3) is 0 Å². The number of ether oxygens (including phenoxy) is 4. The first kappa shape index (κ1) is 16.0. The number of hydrogen-bond donors (Lipinski definition) is 0. The van der Waals surface area contributed by atoms with Crippen molar-refractivity contribution in [2.24, 2.45) is 0 Å². The fourth-order valence-corrected chi connectivity index (χ4v) is 1.29. The predicted octanol–water partition coefficient (Wildman–Crippen LogP) is 3.11. The third-order valence-corrected chi connectivity index (χ3v) is 2.36. The summed E-state index contributed by atoms with van der Waals surface area (Å²) < 4.78 is 18.9. The summed E-state index contributed by atoms with van der Waals surface area (Å²) in [6, 6.07) is 1.30. The van der Waals surface area contributed by atoms with E-state index in [0.29, 0.717) is 5.69 Å². The Kier molecular flexibility index (Phi) is 6.05. The lowest BCUT2D eigenvalue weighted by molar-refractivity contribution is 0.0924. The SMILES string of the molecule is CCOC(=O)Oc1cc(Cl)c(C)nc1OC(=O)OCC. The number of carbonyl (C=O) groups is 2. The Morgan fingerprint density at radius 3 is 2.25 bits per heavy atom. The molecule has 110 valence electrons.